The summed E-state index contributed by atoms with van der Waals surface area (Å²) in [6.07, 6.45) is -21.0. The van der Waals surface area contributed by atoms with Crippen molar-refractivity contribution in [1.29, 1.82) is 0 Å². The summed E-state index contributed by atoms with van der Waals surface area (Å²) in [5, 5.41) is 126. The Morgan fingerprint density at radius 2 is 0.742 bits per heavy atom. The summed E-state index contributed by atoms with van der Waals surface area (Å²) < 4.78 is 0. The van der Waals surface area contributed by atoms with Gasteiger partial charge >= 0.3 is 16.8 Å². The quantitative estimate of drug-likeness (QED) is 0.116. The van der Waals surface area contributed by atoms with E-state index in [0.717, 1.165) is 0 Å². The molecular formula is C14H26CoO16. The number of hydrogen-bond acceptors (Lipinski definition) is 16. The van der Waals surface area contributed by atoms with Crippen molar-refractivity contribution < 1.29 is 97.9 Å². The van der Waals surface area contributed by atoms with E-state index in [1.54, 1.807) is 0 Å². The first-order chi connectivity index (χ1) is 13.6. The number of carbonyl (C=O) groups is 2. The average Bonchev–Trinajstić information content (AvgIpc) is 2.73. The molecular weight excluding hydrogens is 483 g/mol. The second-order valence-corrected chi connectivity index (χ2v) is 5.97. The first-order valence-electron chi connectivity index (χ1n) is 8.09. The third kappa shape index (κ3) is 11.4. The van der Waals surface area contributed by atoms with Crippen LogP contribution in [0.1, 0.15) is 0 Å². The van der Waals surface area contributed by atoms with E-state index in [4.69, 9.17) is 61.3 Å². The number of carbonyl (C=O) groups excluding carboxylic acids is 2. The zero-order valence-corrected chi connectivity index (χ0v) is 16.6. The monoisotopic (exact) mass is 509 g/mol. The molecule has 187 valence electrons. The Balaban J connectivity index is -0.000000490. The van der Waals surface area contributed by atoms with Crippen molar-refractivity contribution in [2.24, 2.45) is 0 Å². The number of aliphatic hydroxyl groups excluding tert-OH is 12. The van der Waals surface area contributed by atoms with Gasteiger partial charge in [-0.2, -0.15) is 0 Å². The van der Waals surface area contributed by atoms with Gasteiger partial charge in [-0.1, -0.05) is 0 Å². The average molecular weight is 509 g/mol. The van der Waals surface area contributed by atoms with E-state index in [-0.39, 0.29) is 16.8 Å². The SMILES string of the molecule is O=C([O-])[C@H](O)[C@H](O)[C@H](O)[C@@H](O)[C@H](O)CO.O=C([O-])[C@H](O)[C@H](O)[C@H](O)[C@@H](O)[C@H](O)CO.[Co+2]. The third-order valence-corrected chi connectivity index (χ3v) is 3.69. The molecule has 0 aliphatic carbocycles. The smallest absolute Gasteiger partial charge is 0.547 e. The van der Waals surface area contributed by atoms with Crippen molar-refractivity contribution in [1.82, 2.24) is 0 Å². The molecule has 10 atom stereocenters. The van der Waals surface area contributed by atoms with Crippen molar-refractivity contribution >= 4 is 11.9 Å². The molecule has 0 bridgehead atoms. The van der Waals surface area contributed by atoms with Crippen LogP contribution in [0.15, 0.2) is 0 Å². The molecule has 0 aliphatic rings. The Labute approximate surface area is 184 Å². The Morgan fingerprint density at radius 3 is 0.903 bits per heavy atom. The summed E-state index contributed by atoms with van der Waals surface area (Å²) in [5.41, 5.74) is 0. The first kappa shape index (κ1) is 34.6. The molecule has 0 saturated carbocycles. The van der Waals surface area contributed by atoms with E-state index in [9.17, 15) is 19.8 Å². The van der Waals surface area contributed by atoms with E-state index >= 15 is 0 Å². The molecule has 0 aromatic heterocycles. The Kier molecular flexibility index (Phi) is 18.5. The zero-order chi connectivity index (χ0) is 24.3. The maximum absolute atomic E-state index is 10.1. The molecule has 0 aromatic carbocycles. The minimum Gasteiger partial charge on any atom is -0.547 e. The predicted molar refractivity (Wildman–Crippen MR) is 84.3 cm³/mol. The molecule has 0 aromatic rings. The minimum atomic E-state index is -2.40. The number of rotatable bonds is 12. The van der Waals surface area contributed by atoms with Crippen molar-refractivity contribution in [3.05, 3.63) is 0 Å². The normalized spacial score (nSPS) is 20.8. The van der Waals surface area contributed by atoms with Gasteiger partial charge in [0.15, 0.2) is 0 Å². The largest absolute Gasteiger partial charge is 2.00 e. The molecule has 0 fully saturated rings. The molecule has 0 saturated heterocycles. The minimum absolute atomic E-state index is 0. The molecule has 12 N–H and O–H groups in total. The van der Waals surface area contributed by atoms with E-state index in [0.29, 0.717) is 0 Å². The van der Waals surface area contributed by atoms with Crippen LogP contribution in [-0.4, -0.2) is 147 Å². The standard InChI is InChI=1S/2C7H14O8.Co/c2*8-1-2(9)3(10)4(11)5(12)6(13)7(14)15;/h2*2-6,8-13H,1H2,(H,14,15);/q;;+2/p-2/t2*2-,3+,4-,5-,6-;/m11./s1. The Morgan fingerprint density at radius 1 is 0.516 bits per heavy atom. The summed E-state index contributed by atoms with van der Waals surface area (Å²) in [5.74, 6) is -4.07. The van der Waals surface area contributed by atoms with E-state index in [1.165, 1.54) is 0 Å². The van der Waals surface area contributed by atoms with Gasteiger partial charge in [-0.25, -0.2) is 0 Å². The summed E-state index contributed by atoms with van der Waals surface area (Å²) in [4.78, 5) is 20.2. The van der Waals surface area contributed by atoms with Crippen LogP contribution in [0.2, 0.25) is 0 Å². The molecule has 16 nitrogen and oxygen atoms in total. The molecule has 0 rings (SSSR count). The van der Waals surface area contributed by atoms with Crippen LogP contribution in [0.5, 0.6) is 0 Å². The van der Waals surface area contributed by atoms with Crippen LogP contribution in [0.3, 0.4) is 0 Å². The van der Waals surface area contributed by atoms with Gasteiger partial charge in [0.25, 0.3) is 0 Å². The number of carboxylic acid groups (broad SMARTS) is 2. The van der Waals surface area contributed by atoms with Crippen LogP contribution in [0, 0.1) is 0 Å². The van der Waals surface area contributed by atoms with Gasteiger partial charge in [-0.3, -0.25) is 0 Å². The summed E-state index contributed by atoms with van der Waals surface area (Å²) in [7, 11) is 0. The Bertz CT molecular complexity index is 465. The van der Waals surface area contributed by atoms with Gasteiger partial charge in [0.2, 0.25) is 0 Å². The molecule has 0 amide bonds. The summed E-state index contributed by atoms with van der Waals surface area (Å²) in [6.45, 7) is -1.79. The first-order valence-corrected chi connectivity index (χ1v) is 8.09. The van der Waals surface area contributed by atoms with Crippen LogP contribution in [0.25, 0.3) is 0 Å². The fourth-order valence-corrected chi connectivity index (χ4v) is 1.73. The molecule has 0 unspecified atom stereocenters. The number of aliphatic carboxylic acids is 2. The number of hydrogen-bond donors (Lipinski definition) is 12. The van der Waals surface area contributed by atoms with E-state index in [1.807, 2.05) is 0 Å². The fourth-order valence-electron chi connectivity index (χ4n) is 1.73. The van der Waals surface area contributed by atoms with Crippen LogP contribution in [0.4, 0.5) is 0 Å². The van der Waals surface area contributed by atoms with Gasteiger partial charge in [-0.05, 0) is 0 Å². The van der Waals surface area contributed by atoms with Gasteiger partial charge in [0, 0.05) is 0 Å². The molecule has 31 heavy (non-hydrogen) atoms. The van der Waals surface area contributed by atoms with Crippen LogP contribution < -0.4 is 10.2 Å². The topological polar surface area (TPSA) is 323 Å². The maximum Gasteiger partial charge on any atom is 2.00 e. The van der Waals surface area contributed by atoms with Gasteiger partial charge < -0.3 is 81.1 Å². The van der Waals surface area contributed by atoms with Gasteiger partial charge in [-0.15, -0.1) is 0 Å². The predicted octanol–water partition coefficient (Wildman–Crippen LogP) is -10.9. The van der Waals surface area contributed by atoms with Gasteiger partial charge in [0.1, 0.15) is 61.0 Å². The van der Waals surface area contributed by atoms with E-state index < -0.39 is 86.2 Å². The van der Waals surface area contributed by atoms with Gasteiger partial charge in [0.05, 0.1) is 25.2 Å². The van der Waals surface area contributed by atoms with Crippen molar-refractivity contribution in [3.63, 3.8) is 0 Å². The van der Waals surface area contributed by atoms with Crippen LogP contribution >= 0.6 is 0 Å². The fraction of sp³-hybridized carbons (Fsp3) is 0.857. The van der Waals surface area contributed by atoms with Crippen LogP contribution in [-0.2, 0) is 26.4 Å². The Hall–Kier alpha value is -1.03. The van der Waals surface area contributed by atoms with E-state index in [2.05, 4.69) is 0 Å². The summed E-state index contributed by atoms with van der Waals surface area (Å²) >= 11 is 0. The molecule has 17 heteroatoms. The second-order valence-electron chi connectivity index (χ2n) is 5.97. The van der Waals surface area contributed by atoms with Crippen molar-refractivity contribution in [3.8, 4) is 0 Å². The maximum atomic E-state index is 10.1. The molecule has 0 heterocycles. The number of aliphatic hydroxyl groups is 12. The molecule has 1 radical (unpaired) electrons. The van der Waals surface area contributed by atoms with Crippen molar-refractivity contribution in [2.75, 3.05) is 13.2 Å². The number of carboxylic acids is 2. The zero-order valence-electron chi connectivity index (χ0n) is 15.5. The summed E-state index contributed by atoms with van der Waals surface area (Å²) in [6, 6.07) is 0. The molecule has 0 spiro atoms. The second kappa shape index (κ2) is 16.6. The third-order valence-electron chi connectivity index (χ3n) is 3.69. The van der Waals surface area contributed by atoms with Crippen molar-refractivity contribution in [2.45, 2.75) is 61.0 Å². The molecule has 0 aliphatic heterocycles.